The van der Waals surface area contributed by atoms with Crippen molar-refractivity contribution >= 4 is 27.5 Å². The van der Waals surface area contributed by atoms with E-state index in [1.54, 1.807) is 22.8 Å². The lowest BCUT2D eigenvalue weighted by Crippen LogP contribution is -2.09. The monoisotopic (exact) mass is 417 g/mol. The number of halogens is 2. The van der Waals surface area contributed by atoms with Gasteiger partial charge in [-0.1, -0.05) is 33.6 Å². The summed E-state index contributed by atoms with van der Waals surface area (Å²) >= 11 is 9.66. The van der Waals surface area contributed by atoms with Gasteiger partial charge >= 0.3 is 0 Å². The van der Waals surface area contributed by atoms with Crippen LogP contribution in [0.2, 0.25) is 5.02 Å². The van der Waals surface area contributed by atoms with E-state index in [-0.39, 0.29) is 6.54 Å². The van der Waals surface area contributed by atoms with Crippen molar-refractivity contribution in [2.75, 3.05) is 0 Å². The van der Waals surface area contributed by atoms with Crippen LogP contribution in [0.1, 0.15) is 17.4 Å². The Bertz CT molecular complexity index is 919. The second-order valence-corrected chi connectivity index (χ2v) is 6.62. The van der Waals surface area contributed by atoms with Crippen LogP contribution in [0.25, 0.3) is 0 Å². The number of benzene rings is 2. The van der Waals surface area contributed by atoms with Gasteiger partial charge in [-0.2, -0.15) is 5.26 Å². The molecule has 0 saturated carbocycles. The number of aromatic nitrogens is 2. The number of aliphatic hydroxyl groups is 1. The van der Waals surface area contributed by atoms with Gasteiger partial charge in [0.25, 0.3) is 0 Å². The van der Waals surface area contributed by atoms with Gasteiger partial charge in [0.15, 0.2) is 0 Å². The molecule has 25 heavy (non-hydrogen) atoms. The third-order valence-electron chi connectivity index (χ3n) is 3.58. The summed E-state index contributed by atoms with van der Waals surface area (Å²) in [5.74, 6) is 1.26. The molecule has 2 aromatic carbocycles. The maximum absolute atomic E-state index is 10.4. The molecule has 5 nitrogen and oxygen atoms in total. The molecule has 126 valence electrons. The zero-order chi connectivity index (χ0) is 17.8. The van der Waals surface area contributed by atoms with Crippen LogP contribution in [0.5, 0.6) is 11.5 Å². The number of rotatable bonds is 5. The Morgan fingerprint density at radius 1 is 1.24 bits per heavy atom. The number of imidazole rings is 1. The maximum atomic E-state index is 10.4. The summed E-state index contributed by atoms with van der Waals surface area (Å²) < 4.78 is 8.29. The number of nitriles is 1. The van der Waals surface area contributed by atoms with Crippen molar-refractivity contribution in [3.63, 3.8) is 0 Å². The van der Waals surface area contributed by atoms with Crippen molar-refractivity contribution in [3.05, 3.63) is 75.7 Å². The van der Waals surface area contributed by atoms with Crippen molar-refractivity contribution in [1.82, 2.24) is 9.55 Å². The fourth-order valence-electron chi connectivity index (χ4n) is 2.32. The number of hydrogen-bond donors (Lipinski definition) is 1. The molecule has 1 atom stereocenters. The summed E-state index contributed by atoms with van der Waals surface area (Å²) in [5.41, 5.74) is 0.938. The predicted molar refractivity (Wildman–Crippen MR) is 97.6 cm³/mol. The Kier molecular flexibility index (Phi) is 5.39. The van der Waals surface area contributed by atoms with Crippen molar-refractivity contribution in [2.24, 2.45) is 0 Å². The summed E-state index contributed by atoms with van der Waals surface area (Å²) in [7, 11) is 0. The predicted octanol–water partition coefficient (Wildman–Crippen LogP) is 4.70. The fourth-order valence-corrected chi connectivity index (χ4v) is 2.89. The maximum Gasteiger partial charge on any atom is 0.139 e. The summed E-state index contributed by atoms with van der Waals surface area (Å²) in [4.78, 5) is 3.90. The smallest absolute Gasteiger partial charge is 0.139 e. The zero-order valence-electron chi connectivity index (χ0n) is 12.9. The quantitative estimate of drug-likeness (QED) is 0.652. The average Bonchev–Trinajstić information content (AvgIpc) is 3.04. The molecule has 1 heterocycles. The van der Waals surface area contributed by atoms with Crippen LogP contribution in [0.15, 0.2) is 59.5 Å². The first kappa shape index (κ1) is 17.5. The second kappa shape index (κ2) is 7.70. The number of nitrogens with zero attached hydrogens (tertiary/aromatic N) is 3. The molecule has 0 aliphatic heterocycles. The molecule has 3 aromatic rings. The Hall–Kier alpha value is -2.33. The summed E-state index contributed by atoms with van der Waals surface area (Å²) in [6, 6.07) is 14.6. The van der Waals surface area contributed by atoms with E-state index in [2.05, 4.69) is 20.9 Å². The minimum Gasteiger partial charge on any atom is -0.457 e. The second-order valence-electron chi connectivity index (χ2n) is 5.30. The molecule has 0 bridgehead atoms. The molecular formula is C18H13BrClN3O2. The first-order valence-corrected chi connectivity index (χ1v) is 8.55. The molecule has 1 aromatic heterocycles. The van der Waals surface area contributed by atoms with E-state index >= 15 is 0 Å². The van der Waals surface area contributed by atoms with E-state index < -0.39 is 6.10 Å². The SMILES string of the molecule is N#Cc1cncn1CC(O)c1ccc(Oc2ccc(Br)cc2)cc1Cl. The van der Waals surface area contributed by atoms with Gasteiger partial charge < -0.3 is 14.4 Å². The van der Waals surface area contributed by atoms with Gasteiger partial charge in [-0.25, -0.2) is 4.98 Å². The van der Waals surface area contributed by atoms with Crippen LogP contribution in [0.3, 0.4) is 0 Å². The Balaban J connectivity index is 1.75. The minimum atomic E-state index is -0.865. The van der Waals surface area contributed by atoms with E-state index in [1.165, 1.54) is 12.5 Å². The van der Waals surface area contributed by atoms with Crippen LogP contribution < -0.4 is 4.74 Å². The lowest BCUT2D eigenvalue weighted by Gasteiger charge is -2.15. The van der Waals surface area contributed by atoms with Crippen molar-refractivity contribution < 1.29 is 9.84 Å². The molecule has 0 aliphatic rings. The van der Waals surface area contributed by atoms with Gasteiger partial charge in [0.05, 0.1) is 30.2 Å². The van der Waals surface area contributed by atoms with Gasteiger partial charge in [0, 0.05) is 10.0 Å². The standard InChI is InChI=1S/C18H13BrClN3O2/c19-12-1-3-14(4-2-12)25-15-5-6-16(17(20)7-15)18(24)10-23-11-22-9-13(23)8-21/h1-7,9,11,18,24H,10H2. The highest BCUT2D eigenvalue weighted by Gasteiger charge is 2.15. The van der Waals surface area contributed by atoms with Crippen LogP contribution in [-0.4, -0.2) is 14.7 Å². The van der Waals surface area contributed by atoms with E-state index in [4.69, 9.17) is 21.6 Å². The first-order chi connectivity index (χ1) is 12.1. The van der Waals surface area contributed by atoms with E-state index in [0.29, 0.717) is 27.8 Å². The molecule has 0 saturated heterocycles. The number of hydrogen-bond acceptors (Lipinski definition) is 4. The third kappa shape index (κ3) is 4.20. The Morgan fingerprint density at radius 2 is 1.96 bits per heavy atom. The first-order valence-electron chi connectivity index (χ1n) is 7.38. The Labute approximate surface area is 158 Å². The van der Waals surface area contributed by atoms with Gasteiger partial charge in [0.2, 0.25) is 0 Å². The van der Waals surface area contributed by atoms with Crippen molar-refractivity contribution in [2.45, 2.75) is 12.6 Å². The number of aliphatic hydroxyl groups excluding tert-OH is 1. The molecule has 0 aliphatic carbocycles. The van der Waals surface area contributed by atoms with Crippen LogP contribution in [0.4, 0.5) is 0 Å². The van der Waals surface area contributed by atoms with Gasteiger partial charge in [-0.15, -0.1) is 0 Å². The van der Waals surface area contributed by atoms with Crippen molar-refractivity contribution in [3.8, 4) is 17.6 Å². The molecule has 7 heteroatoms. The molecule has 1 unspecified atom stereocenters. The summed E-state index contributed by atoms with van der Waals surface area (Å²) in [6.07, 6.45) is 2.08. The average molecular weight is 419 g/mol. The van der Waals surface area contributed by atoms with Gasteiger partial charge in [-0.05, 0) is 36.4 Å². The van der Waals surface area contributed by atoms with E-state index in [0.717, 1.165) is 4.47 Å². The molecule has 0 fully saturated rings. The van der Waals surface area contributed by atoms with Crippen molar-refractivity contribution in [1.29, 1.82) is 5.26 Å². The van der Waals surface area contributed by atoms with Gasteiger partial charge in [-0.3, -0.25) is 0 Å². The lowest BCUT2D eigenvalue weighted by molar-refractivity contribution is 0.156. The highest BCUT2D eigenvalue weighted by atomic mass is 79.9. The number of ether oxygens (including phenoxy) is 1. The topological polar surface area (TPSA) is 71.1 Å². The van der Waals surface area contributed by atoms with Crippen LogP contribution in [-0.2, 0) is 6.54 Å². The zero-order valence-corrected chi connectivity index (χ0v) is 15.3. The Morgan fingerprint density at radius 3 is 2.64 bits per heavy atom. The molecule has 0 amide bonds. The van der Waals surface area contributed by atoms with Crippen LogP contribution >= 0.6 is 27.5 Å². The van der Waals surface area contributed by atoms with E-state index in [1.807, 2.05) is 30.3 Å². The van der Waals surface area contributed by atoms with Gasteiger partial charge in [0.1, 0.15) is 23.3 Å². The van der Waals surface area contributed by atoms with E-state index in [9.17, 15) is 5.11 Å². The van der Waals surface area contributed by atoms with Crippen LogP contribution in [0, 0.1) is 11.3 Å². The largest absolute Gasteiger partial charge is 0.457 e. The normalized spacial score (nSPS) is 11.8. The minimum absolute atomic E-state index is 0.190. The lowest BCUT2D eigenvalue weighted by atomic mass is 10.1. The summed E-state index contributed by atoms with van der Waals surface area (Å²) in [5, 5.41) is 19.8. The highest BCUT2D eigenvalue weighted by molar-refractivity contribution is 9.10. The third-order valence-corrected chi connectivity index (χ3v) is 4.43. The molecular weight excluding hydrogens is 406 g/mol. The molecule has 1 N–H and O–H groups in total. The highest BCUT2D eigenvalue weighted by Crippen LogP contribution is 2.31. The molecule has 0 spiro atoms. The molecule has 3 rings (SSSR count). The molecule has 0 radical (unpaired) electrons. The summed E-state index contributed by atoms with van der Waals surface area (Å²) in [6.45, 7) is 0.190. The fraction of sp³-hybridized carbons (Fsp3) is 0.111.